The van der Waals surface area contributed by atoms with Crippen molar-refractivity contribution in [1.82, 2.24) is 14.9 Å². The molecule has 9 nitrogen and oxygen atoms in total. The number of amides is 2. The van der Waals surface area contributed by atoms with Crippen molar-refractivity contribution < 1.29 is 36.3 Å². The summed E-state index contributed by atoms with van der Waals surface area (Å²) < 4.78 is 74.4. The lowest BCUT2D eigenvalue weighted by atomic mass is 9.97. The van der Waals surface area contributed by atoms with Crippen LogP contribution < -0.4 is 14.8 Å². The summed E-state index contributed by atoms with van der Waals surface area (Å²) in [5, 5.41) is 4.47. The summed E-state index contributed by atoms with van der Waals surface area (Å²) in [4.78, 5) is 27.2. The van der Waals surface area contributed by atoms with Gasteiger partial charge in [0.1, 0.15) is 11.4 Å². The second-order valence-electron chi connectivity index (χ2n) is 14.4. The number of carbonyl (C=O) groups is 2. The summed E-state index contributed by atoms with van der Waals surface area (Å²) in [7, 11) is -4.66. The van der Waals surface area contributed by atoms with Gasteiger partial charge in [-0.1, -0.05) is 60.1 Å². The molecule has 6 rings (SSSR count). The van der Waals surface area contributed by atoms with Crippen LogP contribution in [0.25, 0.3) is 21.9 Å². The van der Waals surface area contributed by atoms with Gasteiger partial charge in [0, 0.05) is 23.7 Å². The monoisotopic (exact) mass is 753 g/mol. The lowest BCUT2D eigenvalue weighted by Crippen LogP contribution is -2.56. The minimum absolute atomic E-state index is 0.0182. The SMILES string of the molecule is CC(C)(C)OC(=O)N[C@H]1CCN(C(=O)C(NS(=O)(=O)c2ccc3cc(OC4CCCC4)ccc3c2)C(F)(F)c2ccc(-c3ccc(Cl)cc3)cc2)C1. The summed E-state index contributed by atoms with van der Waals surface area (Å²) in [5.41, 5.74) is 0.0493. The van der Waals surface area contributed by atoms with E-state index in [2.05, 4.69) is 10.0 Å². The third-order valence-corrected chi connectivity index (χ3v) is 10.9. The molecule has 1 saturated carbocycles. The Balaban J connectivity index is 1.27. The summed E-state index contributed by atoms with van der Waals surface area (Å²) >= 11 is 6.00. The average molecular weight is 754 g/mol. The zero-order valence-electron chi connectivity index (χ0n) is 29.2. The van der Waals surface area contributed by atoms with Crippen LogP contribution in [0.5, 0.6) is 5.75 Å². The first-order chi connectivity index (χ1) is 24.6. The minimum Gasteiger partial charge on any atom is -0.490 e. The Kier molecular flexibility index (Phi) is 10.8. The third kappa shape index (κ3) is 8.85. The van der Waals surface area contributed by atoms with Crippen LogP contribution >= 0.6 is 11.6 Å². The van der Waals surface area contributed by atoms with E-state index in [0.717, 1.165) is 36.1 Å². The van der Waals surface area contributed by atoms with E-state index in [4.69, 9.17) is 21.1 Å². The van der Waals surface area contributed by atoms with Gasteiger partial charge in [-0.3, -0.25) is 4.79 Å². The number of hydrogen-bond donors (Lipinski definition) is 2. The highest BCUT2D eigenvalue weighted by molar-refractivity contribution is 7.89. The number of nitrogens with one attached hydrogen (secondary N) is 2. The molecule has 0 aromatic heterocycles. The number of nitrogens with zero attached hydrogens (tertiary/aromatic N) is 1. The molecule has 2 atom stereocenters. The fraction of sp³-hybridized carbons (Fsp3) is 0.385. The van der Waals surface area contributed by atoms with E-state index >= 15 is 8.78 Å². The number of likely N-dealkylation sites (tertiary alicyclic amines) is 1. The zero-order valence-corrected chi connectivity index (χ0v) is 30.8. The number of rotatable bonds is 10. The maximum Gasteiger partial charge on any atom is 0.407 e. The van der Waals surface area contributed by atoms with Crippen LogP contribution in [0.15, 0.2) is 89.8 Å². The first kappa shape index (κ1) is 37.5. The Morgan fingerprint density at radius 3 is 2.13 bits per heavy atom. The molecule has 0 spiro atoms. The molecule has 2 aliphatic rings. The van der Waals surface area contributed by atoms with Crippen molar-refractivity contribution in [1.29, 1.82) is 0 Å². The number of fused-ring (bicyclic) bond motifs is 1. The Morgan fingerprint density at radius 2 is 1.48 bits per heavy atom. The highest BCUT2D eigenvalue weighted by Gasteiger charge is 2.50. The van der Waals surface area contributed by atoms with E-state index in [0.29, 0.717) is 27.1 Å². The smallest absolute Gasteiger partial charge is 0.407 e. The van der Waals surface area contributed by atoms with Crippen molar-refractivity contribution in [3.8, 4) is 16.9 Å². The van der Waals surface area contributed by atoms with Crippen LogP contribution in [0.2, 0.25) is 5.02 Å². The van der Waals surface area contributed by atoms with Crippen LogP contribution in [0.4, 0.5) is 13.6 Å². The largest absolute Gasteiger partial charge is 0.490 e. The van der Waals surface area contributed by atoms with Gasteiger partial charge in [-0.2, -0.15) is 13.5 Å². The molecule has 52 heavy (non-hydrogen) atoms. The van der Waals surface area contributed by atoms with Crippen molar-refractivity contribution in [3.05, 3.63) is 95.5 Å². The Labute approximate surface area is 307 Å². The summed E-state index contributed by atoms with van der Waals surface area (Å²) in [6.07, 6.45) is 3.90. The lowest BCUT2D eigenvalue weighted by Gasteiger charge is -2.30. The quantitative estimate of drug-likeness (QED) is 0.170. The van der Waals surface area contributed by atoms with E-state index in [-0.39, 0.29) is 30.5 Å². The molecule has 1 aliphatic heterocycles. The predicted molar refractivity (Wildman–Crippen MR) is 196 cm³/mol. The van der Waals surface area contributed by atoms with Gasteiger partial charge < -0.3 is 19.7 Å². The number of alkyl halides is 2. The molecule has 0 radical (unpaired) electrons. The summed E-state index contributed by atoms with van der Waals surface area (Å²) in [6, 6.07) is 18.7. The van der Waals surface area contributed by atoms with Crippen molar-refractivity contribution in [3.63, 3.8) is 0 Å². The molecule has 1 unspecified atom stereocenters. The van der Waals surface area contributed by atoms with Crippen molar-refractivity contribution in [2.75, 3.05) is 13.1 Å². The average Bonchev–Trinajstić information content (AvgIpc) is 3.79. The van der Waals surface area contributed by atoms with Crippen LogP contribution in [-0.4, -0.2) is 62.2 Å². The summed E-state index contributed by atoms with van der Waals surface area (Å²) in [5.74, 6) is -4.44. The second-order valence-corrected chi connectivity index (χ2v) is 16.5. The molecule has 4 aromatic carbocycles. The van der Waals surface area contributed by atoms with Gasteiger partial charge in [-0.25, -0.2) is 13.2 Å². The second kappa shape index (κ2) is 15.0. The molecule has 2 amide bonds. The van der Waals surface area contributed by atoms with Crippen molar-refractivity contribution in [2.45, 2.75) is 87.5 Å². The fourth-order valence-corrected chi connectivity index (χ4v) is 7.92. The van der Waals surface area contributed by atoms with Gasteiger partial charge in [-0.05, 0) is 111 Å². The molecular formula is C39H42ClF2N3O6S. The minimum atomic E-state index is -4.66. The number of alkyl carbamates (subject to hydrolysis) is 1. The van der Waals surface area contributed by atoms with Crippen LogP contribution in [0.1, 0.15) is 58.4 Å². The molecule has 2 N–H and O–H groups in total. The molecule has 0 bridgehead atoms. The molecular weight excluding hydrogens is 712 g/mol. The van der Waals surface area contributed by atoms with Crippen molar-refractivity contribution >= 4 is 44.4 Å². The highest BCUT2D eigenvalue weighted by atomic mass is 35.5. The highest BCUT2D eigenvalue weighted by Crippen LogP contribution is 2.36. The topological polar surface area (TPSA) is 114 Å². The molecule has 1 aliphatic carbocycles. The first-order valence-corrected chi connectivity index (χ1v) is 19.2. The number of halogens is 3. The van der Waals surface area contributed by atoms with Crippen molar-refractivity contribution in [2.24, 2.45) is 0 Å². The number of ether oxygens (including phenoxy) is 2. The number of hydrogen-bond acceptors (Lipinski definition) is 6. The molecule has 13 heteroatoms. The normalized spacial score (nSPS) is 17.7. The van der Waals surface area contributed by atoms with E-state index in [1.165, 1.54) is 36.4 Å². The van der Waals surface area contributed by atoms with Gasteiger partial charge >= 0.3 is 6.09 Å². The Bertz CT molecular complexity index is 2030. The molecule has 1 saturated heterocycles. The first-order valence-electron chi connectivity index (χ1n) is 17.3. The third-order valence-electron chi connectivity index (χ3n) is 9.25. The molecule has 1 heterocycles. The van der Waals surface area contributed by atoms with E-state index < -0.39 is 51.2 Å². The molecule has 4 aromatic rings. The van der Waals surface area contributed by atoms with Gasteiger partial charge in [0.25, 0.3) is 5.92 Å². The zero-order chi connectivity index (χ0) is 37.3. The number of sulfonamides is 1. The lowest BCUT2D eigenvalue weighted by molar-refractivity contribution is -0.143. The maximum atomic E-state index is 16.6. The molecule has 276 valence electrons. The van der Waals surface area contributed by atoms with Gasteiger partial charge in [-0.15, -0.1) is 0 Å². The predicted octanol–water partition coefficient (Wildman–Crippen LogP) is 8.05. The fourth-order valence-electron chi connectivity index (χ4n) is 6.57. The van der Waals surface area contributed by atoms with Gasteiger partial charge in [0.05, 0.1) is 17.0 Å². The van der Waals surface area contributed by atoms with Gasteiger partial charge in [0.15, 0.2) is 6.04 Å². The molecule has 2 fully saturated rings. The standard InChI is InChI=1S/C39H42ClF2N3O6S/c1-38(2,3)51-37(47)43-31-20-21-45(24-31)36(46)35(39(41,42)29-14-8-25(9-15-29)26-10-16-30(40)17-11-26)44-52(48,49)34-19-13-27-22-33(18-12-28(27)23-34)50-32-6-4-5-7-32/h8-19,22-23,31-32,35,44H,4-7,20-21,24H2,1-3H3,(H,43,47)/t31-,35?/m0/s1. The Morgan fingerprint density at radius 1 is 0.865 bits per heavy atom. The van der Waals surface area contributed by atoms with Crippen LogP contribution in [0.3, 0.4) is 0 Å². The van der Waals surface area contributed by atoms with E-state index in [9.17, 15) is 18.0 Å². The number of carbonyl (C=O) groups excluding carboxylic acids is 2. The van der Waals surface area contributed by atoms with Crippen LogP contribution in [-0.2, 0) is 25.5 Å². The van der Waals surface area contributed by atoms with Gasteiger partial charge in [0.2, 0.25) is 15.9 Å². The van der Waals surface area contributed by atoms with E-state index in [1.807, 2.05) is 6.07 Å². The Hall–Kier alpha value is -4.26. The number of benzene rings is 4. The maximum absolute atomic E-state index is 16.6. The summed E-state index contributed by atoms with van der Waals surface area (Å²) in [6.45, 7) is 5.02. The van der Waals surface area contributed by atoms with Crippen LogP contribution in [0, 0.1) is 0 Å². The van der Waals surface area contributed by atoms with E-state index in [1.54, 1.807) is 63.2 Å².